The van der Waals surface area contributed by atoms with Gasteiger partial charge < -0.3 is 15.4 Å². The van der Waals surface area contributed by atoms with E-state index in [1.165, 1.54) is 0 Å². The molecular formula is C10H20F2N2O. The molecule has 1 rings (SSSR count). The van der Waals surface area contributed by atoms with Crippen LogP contribution in [0.25, 0.3) is 0 Å². The molecule has 5 heteroatoms. The zero-order chi connectivity index (χ0) is 11.3. The zero-order valence-corrected chi connectivity index (χ0v) is 9.22. The Hall–Kier alpha value is -0.260. The third-order valence-corrected chi connectivity index (χ3v) is 2.93. The molecule has 1 aliphatic rings. The minimum atomic E-state index is -2.36. The van der Waals surface area contributed by atoms with Crippen LogP contribution < -0.4 is 5.73 Å². The second-order valence-electron chi connectivity index (χ2n) is 4.51. The third kappa shape index (κ3) is 4.40. The topological polar surface area (TPSA) is 38.5 Å². The third-order valence-electron chi connectivity index (χ3n) is 2.93. The van der Waals surface area contributed by atoms with Crippen molar-refractivity contribution in [2.24, 2.45) is 11.1 Å². The largest absolute Gasteiger partial charge is 0.374 e. The van der Waals surface area contributed by atoms with Crippen molar-refractivity contribution in [2.75, 3.05) is 39.4 Å². The van der Waals surface area contributed by atoms with Gasteiger partial charge in [-0.3, -0.25) is 0 Å². The lowest BCUT2D eigenvalue weighted by atomic mass is 9.90. The molecule has 0 aromatic carbocycles. The predicted octanol–water partition coefficient (Wildman–Crippen LogP) is 0.939. The van der Waals surface area contributed by atoms with Crippen molar-refractivity contribution >= 4 is 0 Å². The van der Waals surface area contributed by atoms with Crippen LogP contribution in [0.2, 0.25) is 0 Å². The monoisotopic (exact) mass is 222 g/mol. The fraction of sp³-hybridized carbons (Fsp3) is 1.00. The van der Waals surface area contributed by atoms with E-state index in [1.54, 1.807) is 0 Å². The Labute approximate surface area is 89.6 Å². The molecule has 0 aromatic heterocycles. The lowest BCUT2D eigenvalue weighted by molar-refractivity contribution is 0.0108. The Morgan fingerprint density at radius 3 is 2.80 bits per heavy atom. The molecule has 1 fully saturated rings. The summed E-state index contributed by atoms with van der Waals surface area (Å²) in [5.41, 5.74) is 5.86. The fourth-order valence-corrected chi connectivity index (χ4v) is 1.85. The summed E-state index contributed by atoms with van der Waals surface area (Å²) in [4.78, 5) is 2.22. The average Bonchev–Trinajstić information content (AvgIpc) is 2.56. The number of ether oxygens (including phenoxy) is 1. The van der Waals surface area contributed by atoms with Gasteiger partial charge in [0.2, 0.25) is 0 Å². The molecular weight excluding hydrogens is 202 g/mol. The molecule has 2 N–H and O–H groups in total. The standard InChI is InChI=1S/C10H20F2N2O/c1-10(7-13)2-3-14(8-10)4-5-15-6-9(11)12/h9H,2-8,13H2,1H3. The summed E-state index contributed by atoms with van der Waals surface area (Å²) in [6.45, 7) is 5.43. The quantitative estimate of drug-likeness (QED) is 0.680. The predicted molar refractivity (Wildman–Crippen MR) is 55.0 cm³/mol. The molecule has 0 saturated carbocycles. The summed E-state index contributed by atoms with van der Waals surface area (Å²) in [6, 6.07) is 0. The Morgan fingerprint density at radius 1 is 1.53 bits per heavy atom. The van der Waals surface area contributed by atoms with E-state index in [2.05, 4.69) is 11.8 Å². The highest BCUT2D eigenvalue weighted by Gasteiger charge is 2.31. The first-order valence-corrected chi connectivity index (χ1v) is 5.34. The first kappa shape index (κ1) is 12.8. The molecule has 0 amide bonds. The van der Waals surface area contributed by atoms with Gasteiger partial charge in [0, 0.05) is 13.1 Å². The zero-order valence-electron chi connectivity index (χ0n) is 9.22. The van der Waals surface area contributed by atoms with E-state index in [4.69, 9.17) is 10.5 Å². The first-order chi connectivity index (χ1) is 7.06. The molecule has 1 saturated heterocycles. The van der Waals surface area contributed by atoms with Crippen LogP contribution in [-0.4, -0.2) is 50.7 Å². The van der Waals surface area contributed by atoms with Crippen molar-refractivity contribution < 1.29 is 13.5 Å². The molecule has 0 aromatic rings. The van der Waals surface area contributed by atoms with Crippen molar-refractivity contribution in [1.29, 1.82) is 0 Å². The molecule has 0 radical (unpaired) electrons. The smallest absolute Gasteiger partial charge is 0.261 e. The Morgan fingerprint density at radius 2 is 2.27 bits per heavy atom. The average molecular weight is 222 g/mol. The molecule has 0 aliphatic carbocycles. The number of likely N-dealkylation sites (tertiary alicyclic amines) is 1. The molecule has 1 unspecified atom stereocenters. The van der Waals surface area contributed by atoms with E-state index >= 15 is 0 Å². The number of hydrogen-bond acceptors (Lipinski definition) is 3. The Bertz CT molecular complexity index is 192. The van der Waals surface area contributed by atoms with Gasteiger partial charge in [-0.05, 0) is 24.9 Å². The summed E-state index contributed by atoms with van der Waals surface area (Å²) >= 11 is 0. The lowest BCUT2D eigenvalue weighted by Crippen LogP contribution is -2.32. The van der Waals surface area contributed by atoms with Gasteiger partial charge in [-0.1, -0.05) is 6.92 Å². The number of rotatable bonds is 6. The highest BCUT2D eigenvalue weighted by Crippen LogP contribution is 2.27. The highest BCUT2D eigenvalue weighted by atomic mass is 19.3. The fourth-order valence-electron chi connectivity index (χ4n) is 1.85. The van der Waals surface area contributed by atoms with Gasteiger partial charge in [0.25, 0.3) is 6.43 Å². The lowest BCUT2D eigenvalue weighted by Gasteiger charge is -2.22. The van der Waals surface area contributed by atoms with Gasteiger partial charge in [0.15, 0.2) is 0 Å². The molecule has 0 spiro atoms. The van der Waals surface area contributed by atoms with E-state index in [-0.39, 0.29) is 5.41 Å². The van der Waals surface area contributed by atoms with Gasteiger partial charge in [0.05, 0.1) is 6.61 Å². The summed E-state index contributed by atoms with van der Waals surface area (Å²) in [5, 5.41) is 0. The number of nitrogens with two attached hydrogens (primary N) is 1. The van der Waals surface area contributed by atoms with Gasteiger partial charge >= 0.3 is 0 Å². The second-order valence-corrected chi connectivity index (χ2v) is 4.51. The normalized spacial score (nSPS) is 27.8. The number of alkyl halides is 2. The van der Waals surface area contributed by atoms with Crippen LogP contribution in [0.1, 0.15) is 13.3 Å². The summed E-state index contributed by atoms with van der Waals surface area (Å²) in [6.07, 6.45) is -1.28. The van der Waals surface area contributed by atoms with Gasteiger partial charge in [-0.15, -0.1) is 0 Å². The van der Waals surface area contributed by atoms with Gasteiger partial charge in [-0.25, -0.2) is 8.78 Å². The van der Waals surface area contributed by atoms with Crippen LogP contribution in [0.15, 0.2) is 0 Å². The van der Waals surface area contributed by atoms with Crippen LogP contribution in [-0.2, 0) is 4.74 Å². The van der Waals surface area contributed by atoms with E-state index < -0.39 is 13.0 Å². The minimum absolute atomic E-state index is 0.197. The molecule has 1 atom stereocenters. The second kappa shape index (κ2) is 5.72. The van der Waals surface area contributed by atoms with Crippen molar-refractivity contribution in [2.45, 2.75) is 19.8 Å². The highest BCUT2D eigenvalue weighted by molar-refractivity contribution is 4.86. The van der Waals surface area contributed by atoms with Crippen LogP contribution in [0.4, 0.5) is 8.78 Å². The number of nitrogens with zero attached hydrogens (tertiary/aromatic N) is 1. The molecule has 15 heavy (non-hydrogen) atoms. The van der Waals surface area contributed by atoms with Crippen molar-refractivity contribution in [1.82, 2.24) is 4.90 Å². The first-order valence-electron chi connectivity index (χ1n) is 5.34. The van der Waals surface area contributed by atoms with Crippen molar-refractivity contribution in [3.8, 4) is 0 Å². The van der Waals surface area contributed by atoms with Crippen LogP contribution in [0.5, 0.6) is 0 Å². The van der Waals surface area contributed by atoms with Crippen molar-refractivity contribution in [3.63, 3.8) is 0 Å². The van der Waals surface area contributed by atoms with E-state index in [0.717, 1.165) is 26.1 Å². The number of hydrogen-bond donors (Lipinski definition) is 1. The molecule has 90 valence electrons. The molecule has 3 nitrogen and oxygen atoms in total. The van der Waals surface area contributed by atoms with E-state index in [0.29, 0.717) is 13.2 Å². The SMILES string of the molecule is CC1(CN)CCN(CCOCC(F)F)C1. The van der Waals surface area contributed by atoms with Crippen molar-refractivity contribution in [3.05, 3.63) is 0 Å². The molecule has 0 bridgehead atoms. The number of halogens is 2. The van der Waals surface area contributed by atoms with Gasteiger partial charge in [-0.2, -0.15) is 0 Å². The van der Waals surface area contributed by atoms with Crippen LogP contribution in [0, 0.1) is 5.41 Å². The maximum absolute atomic E-state index is 11.8. The Kier molecular flexibility index (Phi) is 4.89. The van der Waals surface area contributed by atoms with E-state index in [9.17, 15) is 8.78 Å². The van der Waals surface area contributed by atoms with Gasteiger partial charge in [0.1, 0.15) is 6.61 Å². The van der Waals surface area contributed by atoms with Crippen LogP contribution in [0.3, 0.4) is 0 Å². The van der Waals surface area contributed by atoms with Crippen LogP contribution >= 0.6 is 0 Å². The maximum Gasteiger partial charge on any atom is 0.261 e. The van der Waals surface area contributed by atoms with E-state index in [1.807, 2.05) is 0 Å². The maximum atomic E-state index is 11.8. The summed E-state index contributed by atoms with van der Waals surface area (Å²) in [7, 11) is 0. The summed E-state index contributed by atoms with van der Waals surface area (Å²) < 4.78 is 28.4. The molecule has 1 heterocycles. The minimum Gasteiger partial charge on any atom is -0.374 e. The summed E-state index contributed by atoms with van der Waals surface area (Å²) in [5.74, 6) is 0. The molecule has 1 aliphatic heterocycles. The Balaban J connectivity index is 2.09.